The molecule has 4 heteroatoms. The van der Waals surface area contributed by atoms with Crippen molar-refractivity contribution in [3.8, 4) is 5.75 Å². The summed E-state index contributed by atoms with van der Waals surface area (Å²) in [5.41, 5.74) is 0.609. The first-order valence-electron chi connectivity index (χ1n) is 8.78. The normalized spacial score (nSPS) is 28.9. The summed E-state index contributed by atoms with van der Waals surface area (Å²) >= 11 is 0. The Morgan fingerprint density at radius 1 is 1.13 bits per heavy atom. The molecule has 2 aliphatic heterocycles. The largest absolute Gasteiger partial charge is 0.494 e. The zero-order chi connectivity index (χ0) is 16.4. The highest BCUT2D eigenvalue weighted by molar-refractivity contribution is 5.89. The lowest BCUT2D eigenvalue weighted by atomic mass is 9.81. The number of nitrogens with zero attached hydrogens (tertiary/aromatic N) is 1. The van der Waals surface area contributed by atoms with E-state index in [0.29, 0.717) is 24.3 Å². The molecule has 23 heavy (non-hydrogen) atoms. The van der Waals surface area contributed by atoms with Crippen molar-refractivity contribution in [1.29, 1.82) is 0 Å². The summed E-state index contributed by atoms with van der Waals surface area (Å²) in [6.07, 6.45) is 5.87. The van der Waals surface area contributed by atoms with Gasteiger partial charge < -0.3 is 14.0 Å². The average molecular weight is 318 g/mol. The molecule has 2 fully saturated rings. The van der Waals surface area contributed by atoms with E-state index in [1.165, 1.54) is 19.3 Å². The Morgan fingerprint density at radius 2 is 1.74 bits per heavy atom. The molecule has 0 amide bonds. The summed E-state index contributed by atoms with van der Waals surface area (Å²) in [5, 5.41) is 0. The van der Waals surface area contributed by atoms with E-state index in [2.05, 4.69) is 14.1 Å². The molecule has 1 aromatic rings. The predicted molar refractivity (Wildman–Crippen MR) is 89.6 cm³/mol. The van der Waals surface area contributed by atoms with Gasteiger partial charge in [0, 0.05) is 12.8 Å². The van der Waals surface area contributed by atoms with Crippen LogP contribution in [0.5, 0.6) is 5.75 Å². The summed E-state index contributed by atoms with van der Waals surface area (Å²) in [4.78, 5) is 12.4. The molecule has 3 atom stereocenters. The van der Waals surface area contributed by atoms with Crippen LogP contribution >= 0.6 is 0 Å². The second-order valence-corrected chi connectivity index (χ2v) is 7.32. The number of hydrogen-bond acceptors (Lipinski definition) is 3. The van der Waals surface area contributed by atoms with Crippen LogP contribution in [0, 0.1) is 0 Å². The number of fused-ring (bicyclic) bond motifs is 2. The maximum atomic E-state index is 12.4. The van der Waals surface area contributed by atoms with Gasteiger partial charge >= 0.3 is 5.97 Å². The molecule has 0 aromatic heterocycles. The van der Waals surface area contributed by atoms with E-state index in [4.69, 9.17) is 9.47 Å². The molecule has 2 bridgehead atoms. The number of hydrogen-bond donors (Lipinski definition) is 0. The van der Waals surface area contributed by atoms with Gasteiger partial charge in [0.25, 0.3) is 0 Å². The Kier molecular flexibility index (Phi) is 4.62. The highest BCUT2D eigenvalue weighted by Gasteiger charge is 2.47. The quantitative estimate of drug-likeness (QED) is 0.630. The molecule has 126 valence electrons. The van der Waals surface area contributed by atoms with Gasteiger partial charge in [-0.1, -0.05) is 0 Å². The molecule has 1 aromatic carbocycles. The van der Waals surface area contributed by atoms with Gasteiger partial charge in [0.2, 0.25) is 0 Å². The van der Waals surface area contributed by atoms with Crippen LogP contribution in [0.4, 0.5) is 0 Å². The van der Waals surface area contributed by atoms with E-state index in [1.807, 2.05) is 19.1 Å². The van der Waals surface area contributed by atoms with E-state index in [0.717, 1.165) is 23.1 Å². The SMILES string of the molecule is CCOc1ccc(C(=O)OC2C[C@H]3CCC[C@@H](C2)[N+]3(C)C)cc1. The van der Waals surface area contributed by atoms with Gasteiger partial charge in [-0.15, -0.1) is 0 Å². The summed E-state index contributed by atoms with van der Waals surface area (Å²) in [7, 11) is 4.66. The molecule has 2 saturated heterocycles. The van der Waals surface area contributed by atoms with Crippen molar-refractivity contribution in [3.63, 3.8) is 0 Å². The molecule has 3 rings (SSSR count). The maximum Gasteiger partial charge on any atom is 0.338 e. The Labute approximate surface area is 139 Å². The number of carbonyl (C=O) groups is 1. The molecule has 0 N–H and O–H groups in total. The first-order chi connectivity index (χ1) is 11.0. The van der Waals surface area contributed by atoms with Crippen LogP contribution in [-0.4, -0.2) is 49.3 Å². The fourth-order valence-electron chi connectivity index (χ4n) is 4.20. The molecule has 0 radical (unpaired) electrons. The predicted octanol–water partition coefficient (Wildman–Crippen LogP) is 3.40. The first kappa shape index (κ1) is 16.3. The maximum absolute atomic E-state index is 12.4. The van der Waals surface area contributed by atoms with Crippen LogP contribution in [0.3, 0.4) is 0 Å². The van der Waals surface area contributed by atoms with E-state index < -0.39 is 0 Å². The number of quaternary nitrogens is 1. The van der Waals surface area contributed by atoms with Crippen molar-refractivity contribution in [2.75, 3.05) is 20.7 Å². The lowest BCUT2D eigenvalue weighted by molar-refractivity contribution is -0.950. The third-order valence-electron chi connectivity index (χ3n) is 5.70. The van der Waals surface area contributed by atoms with Crippen molar-refractivity contribution in [1.82, 2.24) is 0 Å². The lowest BCUT2D eigenvalue weighted by Crippen LogP contribution is -2.63. The van der Waals surface area contributed by atoms with Crippen molar-refractivity contribution in [3.05, 3.63) is 29.8 Å². The third kappa shape index (κ3) is 3.37. The zero-order valence-electron chi connectivity index (χ0n) is 14.5. The van der Waals surface area contributed by atoms with E-state index in [9.17, 15) is 4.79 Å². The standard InChI is InChI=1S/C19H28NO3/c1-4-22-17-10-8-14(9-11-17)19(21)23-18-12-15-6-5-7-16(13-18)20(15,2)3/h8-11,15-16,18H,4-7,12-13H2,1-3H3/q+1/t15-,16+,18?. The Morgan fingerprint density at radius 3 is 2.30 bits per heavy atom. The molecule has 0 saturated carbocycles. The van der Waals surface area contributed by atoms with Gasteiger partial charge in [-0.25, -0.2) is 4.79 Å². The topological polar surface area (TPSA) is 35.5 Å². The molecule has 0 spiro atoms. The highest BCUT2D eigenvalue weighted by atomic mass is 16.5. The molecule has 4 nitrogen and oxygen atoms in total. The zero-order valence-corrected chi connectivity index (χ0v) is 14.5. The smallest absolute Gasteiger partial charge is 0.338 e. The molecule has 2 heterocycles. The lowest BCUT2D eigenvalue weighted by Gasteiger charge is -2.52. The fraction of sp³-hybridized carbons (Fsp3) is 0.632. The average Bonchev–Trinajstić information content (AvgIpc) is 2.49. The van der Waals surface area contributed by atoms with Crippen LogP contribution in [-0.2, 0) is 4.74 Å². The summed E-state index contributed by atoms with van der Waals surface area (Å²) in [6.45, 7) is 2.57. The van der Waals surface area contributed by atoms with Crippen LogP contribution in [0.15, 0.2) is 24.3 Å². The minimum Gasteiger partial charge on any atom is -0.494 e. The Hall–Kier alpha value is -1.55. The first-order valence-corrected chi connectivity index (χ1v) is 8.78. The van der Waals surface area contributed by atoms with Gasteiger partial charge in [-0.3, -0.25) is 0 Å². The third-order valence-corrected chi connectivity index (χ3v) is 5.70. The summed E-state index contributed by atoms with van der Waals surface area (Å²) in [5.74, 6) is 0.582. The van der Waals surface area contributed by atoms with Gasteiger partial charge in [-0.05, 0) is 50.5 Å². The van der Waals surface area contributed by atoms with Gasteiger partial charge in [-0.2, -0.15) is 0 Å². The van der Waals surface area contributed by atoms with E-state index >= 15 is 0 Å². The molecule has 2 aliphatic rings. The number of carbonyl (C=O) groups excluding carboxylic acids is 1. The number of rotatable bonds is 4. The Balaban J connectivity index is 1.62. The fourth-order valence-corrected chi connectivity index (χ4v) is 4.20. The van der Waals surface area contributed by atoms with Crippen LogP contribution in [0.1, 0.15) is 49.4 Å². The van der Waals surface area contributed by atoms with Crippen LogP contribution < -0.4 is 4.74 Å². The molecule has 1 unspecified atom stereocenters. The van der Waals surface area contributed by atoms with Crippen LogP contribution in [0.2, 0.25) is 0 Å². The number of piperidine rings is 2. The monoisotopic (exact) mass is 318 g/mol. The van der Waals surface area contributed by atoms with Gasteiger partial charge in [0.1, 0.15) is 11.9 Å². The summed E-state index contributed by atoms with van der Waals surface area (Å²) < 4.78 is 12.3. The number of esters is 1. The second-order valence-electron chi connectivity index (χ2n) is 7.32. The molecular weight excluding hydrogens is 290 g/mol. The van der Waals surface area contributed by atoms with Crippen molar-refractivity contribution in [2.45, 2.75) is 57.2 Å². The Bertz CT molecular complexity index is 536. The van der Waals surface area contributed by atoms with Gasteiger partial charge in [0.05, 0.1) is 38.3 Å². The minimum atomic E-state index is -0.205. The summed E-state index contributed by atoms with van der Waals surface area (Å²) in [6, 6.07) is 8.49. The van der Waals surface area contributed by atoms with Crippen LogP contribution in [0.25, 0.3) is 0 Å². The van der Waals surface area contributed by atoms with Crippen molar-refractivity contribution in [2.24, 2.45) is 0 Å². The highest BCUT2D eigenvalue weighted by Crippen LogP contribution is 2.38. The molecule has 0 aliphatic carbocycles. The van der Waals surface area contributed by atoms with E-state index in [1.54, 1.807) is 12.1 Å². The van der Waals surface area contributed by atoms with Crippen molar-refractivity contribution >= 4 is 5.97 Å². The van der Waals surface area contributed by atoms with Crippen molar-refractivity contribution < 1.29 is 18.8 Å². The second kappa shape index (κ2) is 6.52. The van der Waals surface area contributed by atoms with E-state index in [-0.39, 0.29) is 12.1 Å². The number of benzene rings is 1. The molecular formula is C19H28NO3+. The number of ether oxygens (including phenoxy) is 2. The minimum absolute atomic E-state index is 0.0653. The van der Waals surface area contributed by atoms with Gasteiger partial charge in [0.15, 0.2) is 0 Å².